The quantitative estimate of drug-likeness (QED) is 0.538. The predicted molar refractivity (Wildman–Crippen MR) is 52.7 cm³/mol. The SMILES string of the molecule is N#CB1C(C#N)=CC(C#N)=C(C#N)C1C#N. The van der Waals surface area contributed by atoms with Gasteiger partial charge in [0.25, 0.3) is 0 Å². The fourth-order valence-corrected chi connectivity index (χ4v) is 1.44. The maximum Gasteiger partial charge on any atom is 0.334 e. The summed E-state index contributed by atoms with van der Waals surface area (Å²) >= 11 is 0. The molecule has 1 heterocycles. The summed E-state index contributed by atoms with van der Waals surface area (Å²) in [4.78, 5) is 0. The number of rotatable bonds is 0. The second-order valence-electron chi connectivity index (χ2n) is 2.98. The Morgan fingerprint density at radius 3 is 2.06 bits per heavy atom. The molecule has 0 aliphatic carbocycles. The van der Waals surface area contributed by atoms with Gasteiger partial charge in [-0.25, -0.2) is 5.26 Å². The number of nitriles is 5. The van der Waals surface area contributed by atoms with Crippen LogP contribution >= 0.6 is 0 Å². The van der Waals surface area contributed by atoms with Crippen LogP contribution in [0.3, 0.4) is 0 Å². The minimum atomic E-state index is -1.04. The summed E-state index contributed by atoms with van der Waals surface area (Å²) in [5.74, 6) is 0.769. The normalized spacial score (nSPS) is 18.3. The highest BCUT2D eigenvalue weighted by atomic mass is 14.3. The highest BCUT2D eigenvalue weighted by Gasteiger charge is 2.38. The van der Waals surface area contributed by atoms with Gasteiger partial charge >= 0.3 is 6.71 Å². The number of allylic oxidation sites excluding steroid dienone is 4. The van der Waals surface area contributed by atoms with Crippen molar-refractivity contribution in [2.75, 3.05) is 0 Å². The summed E-state index contributed by atoms with van der Waals surface area (Å²) < 4.78 is 0. The van der Waals surface area contributed by atoms with Crippen molar-refractivity contribution >= 4 is 6.71 Å². The van der Waals surface area contributed by atoms with E-state index in [1.807, 2.05) is 0 Å². The van der Waals surface area contributed by atoms with Crippen molar-refractivity contribution in [2.24, 2.45) is 0 Å². The molecule has 1 rings (SSSR count). The molecule has 5 nitrogen and oxygen atoms in total. The van der Waals surface area contributed by atoms with Crippen LogP contribution < -0.4 is 0 Å². The summed E-state index contributed by atoms with van der Waals surface area (Å²) in [5.41, 5.74) is -0.0164. The maximum atomic E-state index is 8.89. The monoisotopic (exact) mass is 203 g/mol. The van der Waals surface area contributed by atoms with Crippen molar-refractivity contribution in [3.63, 3.8) is 0 Å². The Hall–Kier alpha value is -3.01. The molecular weight excluding hydrogens is 201 g/mol. The minimum absolute atomic E-state index is 0.0166. The Morgan fingerprint density at radius 1 is 1.00 bits per heavy atom. The van der Waals surface area contributed by atoms with E-state index in [-0.39, 0.29) is 16.6 Å². The van der Waals surface area contributed by atoms with Crippen LogP contribution in [0.2, 0.25) is 5.82 Å². The lowest BCUT2D eigenvalue weighted by molar-refractivity contribution is 1.19. The minimum Gasteiger partial charge on any atom is -0.212 e. The fourth-order valence-electron chi connectivity index (χ4n) is 1.44. The van der Waals surface area contributed by atoms with Crippen LogP contribution in [0.1, 0.15) is 0 Å². The van der Waals surface area contributed by atoms with Gasteiger partial charge in [-0.15, -0.1) is 0 Å². The van der Waals surface area contributed by atoms with Gasteiger partial charge in [0.1, 0.15) is 6.07 Å². The molecule has 0 N–H and O–H groups in total. The van der Waals surface area contributed by atoms with Gasteiger partial charge in [0, 0.05) is 11.4 Å². The van der Waals surface area contributed by atoms with Crippen molar-refractivity contribution in [1.29, 1.82) is 26.3 Å². The molecule has 6 heteroatoms. The Morgan fingerprint density at radius 2 is 1.69 bits per heavy atom. The summed E-state index contributed by atoms with van der Waals surface area (Å²) in [5, 5.41) is 44.1. The van der Waals surface area contributed by atoms with Crippen molar-refractivity contribution in [2.45, 2.75) is 5.82 Å². The predicted octanol–water partition coefficient (Wildman–Crippen LogP) is 0.784. The molecule has 0 aromatic rings. The van der Waals surface area contributed by atoms with Crippen LogP contribution in [0.5, 0.6) is 0 Å². The van der Waals surface area contributed by atoms with Gasteiger partial charge in [-0.05, 0) is 6.08 Å². The standard InChI is InChI=1S/C10H2BN5/c12-2-7-1-8(3-13)11(6-16)10(5-15)9(7)4-14/h1,10H. The summed E-state index contributed by atoms with van der Waals surface area (Å²) in [6.45, 7) is -0.971. The van der Waals surface area contributed by atoms with E-state index in [1.54, 1.807) is 30.2 Å². The topological polar surface area (TPSA) is 119 Å². The lowest BCUT2D eigenvalue weighted by Crippen LogP contribution is -2.26. The fraction of sp³-hybridized carbons (Fsp3) is 0.100. The third-order valence-electron chi connectivity index (χ3n) is 2.22. The van der Waals surface area contributed by atoms with E-state index in [0.29, 0.717) is 0 Å². The van der Waals surface area contributed by atoms with Crippen LogP contribution in [0, 0.1) is 56.6 Å². The molecule has 1 unspecified atom stereocenters. The lowest BCUT2D eigenvalue weighted by Gasteiger charge is -2.15. The van der Waals surface area contributed by atoms with E-state index in [0.717, 1.165) is 0 Å². The molecule has 1 aliphatic heterocycles. The Labute approximate surface area is 92.4 Å². The second kappa shape index (κ2) is 4.48. The van der Waals surface area contributed by atoms with Crippen LogP contribution in [0.4, 0.5) is 0 Å². The van der Waals surface area contributed by atoms with Crippen molar-refractivity contribution in [1.82, 2.24) is 0 Å². The van der Waals surface area contributed by atoms with E-state index < -0.39 is 12.5 Å². The lowest BCUT2D eigenvalue weighted by atomic mass is 9.35. The molecular formula is C10H2BN5. The first-order chi connectivity index (χ1) is 7.73. The molecule has 0 aromatic heterocycles. The highest BCUT2D eigenvalue weighted by Crippen LogP contribution is 2.32. The first-order valence-corrected chi connectivity index (χ1v) is 4.18. The maximum absolute atomic E-state index is 8.89. The highest BCUT2D eigenvalue weighted by molar-refractivity contribution is 6.78. The van der Waals surface area contributed by atoms with E-state index in [1.165, 1.54) is 6.08 Å². The van der Waals surface area contributed by atoms with Gasteiger partial charge in [-0.2, -0.15) is 21.0 Å². The van der Waals surface area contributed by atoms with Gasteiger partial charge in [-0.3, -0.25) is 0 Å². The van der Waals surface area contributed by atoms with E-state index in [9.17, 15) is 0 Å². The number of nitrogens with zero attached hydrogens (tertiary/aromatic N) is 5. The molecule has 0 bridgehead atoms. The molecule has 70 valence electrons. The summed E-state index contributed by atoms with van der Waals surface area (Å²) in [6, 6.07) is 7.05. The van der Waals surface area contributed by atoms with E-state index >= 15 is 0 Å². The van der Waals surface area contributed by atoms with Crippen LogP contribution in [-0.2, 0) is 0 Å². The van der Waals surface area contributed by atoms with Crippen LogP contribution in [0.15, 0.2) is 22.7 Å². The largest absolute Gasteiger partial charge is 0.334 e. The number of hydrogen-bond donors (Lipinski definition) is 0. The van der Waals surface area contributed by atoms with Gasteiger partial charge in [0.2, 0.25) is 0 Å². The Kier molecular flexibility index (Phi) is 3.10. The molecule has 0 spiro atoms. The van der Waals surface area contributed by atoms with Crippen LogP contribution in [-0.4, -0.2) is 6.71 Å². The van der Waals surface area contributed by atoms with E-state index in [2.05, 4.69) is 0 Å². The molecule has 16 heavy (non-hydrogen) atoms. The first kappa shape index (κ1) is 11.1. The average molecular weight is 203 g/mol. The third kappa shape index (κ3) is 1.51. The van der Waals surface area contributed by atoms with Crippen LogP contribution in [0.25, 0.3) is 0 Å². The molecule has 0 saturated heterocycles. The molecule has 1 aliphatic rings. The van der Waals surface area contributed by atoms with Gasteiger partial charge in [-0.1, -0.05) is 0 Å². The molecule has 1 atom stereocenters. The molecule has 0 amide bonds. The van der Waals surface area contributed by atoms with Crippen molar-refractivity contribution in [3.05, 3.63) is 22.7 Å². The first-order valence-electron chi connectivity index (χ1n) is 4.18. The van der Waals surface area contributed by atoms with Gasteiger partial charge in [0.15, 0.2) is 0 Å². The zero-order valence-electron chi connectivity index (χ0n) is 7.97. The smallest absolute Gasteiger partial charge is 0.212 e. The Bertz CT molecular complexity index is 594. The van der Waals surface area contributed by atoms with Gasteiger partial charge in [0.05, 0.1) is 35.2 Å². The summed E-state index contributed by atoms with van der Waals surface area (Å²) in [7, 11) is 0. The van der Waals surface area contributed by atoms with Crippen molar-refractivity contribution in [3.8, 4) is 30.2 Å². The molecule has 0 aromatic carbocycles. The second-order valence-corrected chi connectivity index (χ2v) is 2.98. The third-order valence-corrected chi connectivity index (χ3v) is 2.22. The Balaban J connectivity index is 3.51. The number of hydrogen-bond acceptors (Lipinski definition) is 5. The molecule has 0 radical (unpaired) electrons. The van der Waals surface area contributed by atoms with Gasteiger partial charge < -0.3 is 0 Å². The van der Waals surface area contributed by atoms with Crippen molar-refractivity contribution < 1.29 is 0 Å². The molecule has 0 fully saturated rings. The molecule has 0 saturated carbocycles. The zero-order valence-corrected chi connectivity index (χ0v) is 7.97. The van der Waals surface area contributed by atoms with E-state index in [4.69, 9.17) is 26.3 Å². The average Bonchev–Trinajstić information content (AvgIpc) is 2.35. The zero-order chi connectivity index (χ0) is 12.1. The summed E-state index contributed by atoms with van der Waals surface area (Å²) in [6.07, 6.45) is 1.19.